The summed E-state index contributed by atoms with van der Waals surface area (Å²) in [5, 5.41) is 8.71. The van der Waals surface area contributed by atoms with E-state index in [9.17, 15) is 13.6 Å². The van der Waals surface area contributed by atoms with Gasteiger partial charge < -0.3 is 9.84 Å². The van der Waals surface area contributed by atoms with E-state index in [4.69, 9.17) is 9.84 Å². The number of rotatable bonds is 3. The summed E-state index contributed by atoms with van der Waals surface area (Å²) in [5.41, 5.74) is -0.835. The maximum atomic E-state index is 12.4. The standard InChI is InChI=1S/C9H9F2NO3/c1-4-3-5(15-2)7(9(13)14)12-6(4)8(10)11/h3,8H,1-2H3,(H,13,14). The second kappa shape index (κ2) is 4.20. The molecule has 0 saturated heterocycles. The Hall–Kier alpha value is -1.72. The molecule has 0 radical (unpaired) electrons. The fourth-order valence-corrected chi connectivity index (χ4v) is 1.13. The third kappa shape index (κ3) is 2.20. The number of carbonyl (C=O) groups is 1. The van der Waals surface area contributed by atoms with Crippen molar-refractivity contribution >= 4 is 5.97 Å². The maximum absolute atomic E-state index is 12.4. The Morgan fingerprint density at radius 3 is 2.60 bits per heavy atom. The van der Waals surface area contributed by atoms with E-state index in [1.807, 2.05) is 0 Å². The van der Waals surface area contributed by atoms with Crippen molar-refractivity contribution in [3.8, 4) is 5.75 Å². The zero-order chi connectivity index (χ0) is 11.6. The first-order valence-corrected chi connectivity index (χ1v) is 4.04. The molecule has 0 aromatic carbocycles. The number of aryl methyl sites for hydroxylation is 1. The van der Waals surface area contributed by atoms with E-state index in [1.165, 1.54) is 20.1 Å². The molecular weight excluding hydrogens is 208 g/mol. The molecule has 1 aromatic heterocycles. The van der Waals surface area contributed by atoms with E-state index in [0.29, 0.717) is 0 Å². The number of aromatic carboxylic acids is 1. The molecule has 0 spiro atoms. The van der Waals surface area contributed by atoms with Crippen molar-refractivity contribution in [2.24, 2.45) is 0 Å². The fraction of sp³-hybridized carbons (Fsp3) is 0.333. The van der Waals surface area contributed by atoms with Crippen LogP contribution in [0, 0.1) is 6.92 Å². The van der Waals surface area contributed by atoms with E-state index in [2.05, 4.69) is 4.98 Å². The van der Waals surface area contributed by atoms with Gasteiger partial charge in [0, 0.05) is 0 Å². The lowest BCUT2D eigenvalue weighted by molar-refractivity contribution is 0.0684. The minimum atomic E-state index is -2.80. The largest absolute Gasteiger partial charge is 0.494 e. The normalized spacial score (nSPS) is 10.5. The number of alkyl halides is 2. The molecule has 1 heterocycles. The summed E-state index contributed by atoms with van der Waals surface area (Å²) in [6.07, 6.45) is -2.80. The maximum Gasteiger partial charge on any atom is 0.358 e. The topological polar surface area (TPSA) is 59.4 Å². The third-order valence-electron chi connectivity index (χ3n) is 1.85. The van der Waals surface area contributed by atoms with Crippen molar-refractivity contribution in [2.75, 3.05) is 7.11 Å². The van der Waals surface area contributed by atoms with Crippen LogP contribution >= 0.6 is 0 Å². The predicted octanol–water partition coefficient (Wildman–Crippen LogP) is 2.03. The third-order valence-corrected chi connectivity index (χ3v) is 1.85. The van der Waals surface area contributed by atoms with Crippen molar-refractivity contribution in [2.45, 2.75) is 13.3 Å². The van der Waals surface area contributed by atoms with Crippen LogP contribution in [-0.4, -0.2) is 23.2 Å². The highest BCUT2D eigenvalue weighted by Gasteiger charge is 2.20. The molecule has 6 heteroatoms. The van der Waals surface area contributed by atoms with Gasteiger partial charge in [-0.3, -0.25) is 0 Å². The van der Waals surface area contributed by atoms with Crippen LogP contribution in [0.2, 0.25) is 0 Å². The number of nitrogens with zero attached hydrogens (tertiary/aromatic N) is 1. The SMILES string of the molecule is COc1cc(C)c(C(F)F)nc1C(=O)O. The molecule has 1 rings (SSSR count). The average molecular weight is 217 g/mol. The van der Waals surface area contributed by atoms with Gasteiger partial charge in [-0.1, -0.05) is 0 Å². The molecule has 4 nitrogen and oxygen atoms in total. The van der Waals surface area contributed by atoms with Gasteiger partial charge in [-0.25, -0.2) is 18.6 Å². The van der Waals surface area contributed by atoms with Gasteiger partial charge in [0.25, 0.3) is 6.43 Å². The van der Waals surface area contributed by atoms with Gasteiger partial charge in [0.15, 0.2) is 11.4 Å². The Kier molecular flexibility index (Phi) is 3.18. The zero-order valence-electron chi connectivity index (χ0n) is 8.12. The fourth-order valence-electron chi connectivity index (χ4n) is 1.13. The number of carboxylic acids is 1. The van der Waals surface area contributed by atoms with Crippen molar-refractivity contribution in [3.05, 3.63) is 23.0 Å². The quantitative estimate of drug-likeness (QED) is 0.841. The summed E-state index contributed by atoms with van der Waals surface area (Å²) >= 11 is 0. The molecular formula is C9H9F2NO3. The summed E-state index contributed by atoms with van der Waals surface area (Å²) in [6, 6.07) is 1.23. The zero-order valence-corrected chi connectivity index (χ0v) is 8.12. The Balaban J connectivity index is 3.37. The Labute approximate surface area is 84.5 Å². The van der Waals surface area contributed by atoms with E-state index in [0.717, 1.165) is 0 Å². The molecule has 0 aliphatic rings. The summed E-state index contributed by atoms with van der Waals surface area (Å²) in [6.45, 7) is 1.42. The molecule has 0 amide bonds. The van der Waals surface area contributed by atoms with E-state index >= 15 is 0 Å². The molecule has 0 fully saturated rings. The summed E-state index contributed by atoms with van der Waals surface area (Å²) in [4.78, 5) is 14.0. The molecule has 1 aromatic rings. The number of ether oxygens (including phenoxy) is 1. The van der Waals surface area contributed by atoms with Crippen LogP contribution in [0.25, 0.3) is 0 Å². The highest BCUT2D eigenvalue weighted by Crippen LogP contribution is 2.26. The van der Waals surface area contributed by atoms with Crippen LogP contribution in [0.15, 0.2) is 6.07 Å². The van der Waals surface area contributed by atoms with Crippen LogP contribution in [-0.2, 0) is 0 Å². The number of methoxy groups -OCH3 is 1. The van der Waals surface area contributed by atoms with Crippen LogP contribution in [0.4, 0.5) is 8.78 Å². The molecule has 0 saturated carbocycles. The minimum Gasteiger partial charge on any atom is -0.494 e. The van der Waals surface area contributed by atoms with Gasteiger partial charge >= 0.3 is 5.97 Å². The molecule has 0 bridgehead atoms. The van der Waals surface area contributed by atoms with Crippen molar-refractivity contribution < 1.29 is 23.4 Å². The van der Waals surface area contributed by atoms with Gasteiger partial charge in [-0.05, 0) is 18.6 Å². The molecule has 82 valence electrons. The van der Waals surface area contributed by atoms with E-state index in [1.54, 1.807) is 0 Å². The lowest BCUT2D eigenvalue weighted by atomic mass is 10.2. The van der Waals surface area contributed by atoms with Crippen LogP contribution < -0.4 is 4.74 Å². The average Bonchev–Trinajstić information content (AvgIpc) is 2.16. The monoisotopic (exact) mass is 217 g/mol. The Morgan fingerprint density at radius 2 is 2.20 bits per heavy atom. The van der Waals surface area contributed by atoms with Crippen LogP contribution in [0.3, 0.4) is 0 Å². The van der Waals surface area contributed by atoms with Gasteiger partial charge in [-0.15, -0.1) is 0 Å². The molecule has 0 aliphatic heterocycles. The highest BCUT2D eigenvalue weighted by atomic mass is 19.3. The molecule has 0 unspecified atom stereocenters. The van der Waals surface area contributed by atoms with Crippen molar-refractivity contribution in [1.29, 1.82) is 0 Å². The number of aromatic nitrogens is 1. The smallest absolute Gasteiger partial charge is 0.358 e. The van der Waals surface area contributed by atoms with Crippen molar-refractivity contribution in [1.82, 2.24) is 4.98 Å². The minimum absolute atomic E-state index is 0.0237. The second-order valence-electron chi connectivity index (χ2n) is 2.85. The van der Waals surface area contributed by atoms with Gasteiger partial charge in [-0.2, -0.15) is 0 Å². The summed E-state index contributed by atoms with van der Waals surface area (Å²) in [7, 11) is 1.25. The first-order valence-electron chi connectivity index (χ1n) is 4.04. The van der Waals surface area contributed by atoms with Crippen molar-refractivity contribution in [3.63, 3.8) is 0 Å². The Bertz CT molecular complexity index is 393. The predicted molar refractivity (Wildman–Crippen MR) is 47.4 cm³/mol. The van der Waals surface area contributed by atoms with E-state index in [-0.39, 0.29) is 11.3 Å². The second-order valence-corrected chi connectivity index (χ2v) is 2.85. The lowest BCUT2D eigenvalue weighted by Gasteiger charge is -2.09. The van der Waals surface area contributed by atoms with E-state index < -0.39 is 23.8 Å². The molecule has 15 heavy (non-hydrogen) atoms. The number of carboxylic acid groups (broad SMARTS) is 1. The number of hydrogen-bond donors (Lipinski definition) is 1. The van der Waals surface area contributed by atoms with Crippen LogP contribution in [0.5, 0.6) is 5.75 Å². The van der Waals surface area contributed by atoms with Gasteiger partial charge in [0.2, 0.25) is 0 Å². The number of halogens is 2. The highest BCUT2D eigenvalue weighted by molar-refractivity contribution is 5.88. The van der Waals surface area contributed by atoms with Gasteiger partial charge in [0.1, 0.15) is 5.69 Å². The number of hydrogen-bond acceptors (Lipinski definition) is 3. The molecule has 0 atom stereocenters. The molecule has 1 N–H and O–H groups in total. The summed E-state index contributed by atoms with van der Waals surface area (Å²) < 4.78 is 29.6. The Morgan fingerprint density at radius 1 is 1.60 bits per heavy atom. The molecule has 0 aliphatic carbocycles. The first-order chi connectivity index (χ1) is 6.97. The first kappa shape index (κ1) is 11.4. The lowest BCUT2D eigenvalue weighted by Crippen LogP contribution is -2.08. The van der Waals surface area contributed by atoms with Crippen LogP contribution in [0.1, 0.15) is 28.2 Å². The van der Waals surface area contributed by atoms with Gasteiger partial charge in [0.05, 0.1) is 7.11 Å². The number of pyridine rings is 1. The summed E-state index contributed by atoms with van der Waals surface area (Å²) in [5.74, 6) is -1.42.